The Morgan fingerprint density at radius 1 is 0.717 bits per heavy atom. The van der Waals surface area contributed by atoms with Crippen molar-refractivity contribution in [2.45, 2.75) is 41.7 Å². The van der Waals surface area contributed by atoms with Gasteiger partial charge in [-0.15, -0.1) is 11.8 Å². The van der Waals surface area contributed by atoms with E-state index in [2.05, 4.69) is 0 Å². The Labute approximate surface area is 311 Å². The summed E-state index contributed by atoms with van der Waals surface area (Å²) in [5, 5.41) is 66.1. The van der Waals surface area contributed by atoms with Crippen LogP contribution in [0, 0.1) is 0 Å². The van der Waals surface area contributed by atoms with Crippen LogP contribution in [0.5, 0.6) is 51.7 Å². The Bertz CT molecular complexity index is 2050. The van der Waals surface area contributed by atoms with Crippen molar-refractivity contribution in [3.63, 3.8) is 0 Å². The normalized spacial score (nSPS) is 16.8. The first-order valence-electron chi connectivity index (χ1n) is 16.8. The minimum Gasteiger partial charge on any atom is -0.508 e. The maximum atomic E-state index is 12.8. The molecule has 6 N–H and O–H groups in total. The van der Waals surface area contributed by atoms with Crippen molar-refractivity contribution < 1.29 is 54.3 Å². The maximum Gasteiger partial charge on any atom is 0.161 e. The number of aromatic hydroxyl groups is 4. The molecular formula is C41H42O11S. The molecule has 0 amide bonds. The number of ether oxygens (including phenoxy) is 5. The molecule has 0 aliphatic carbocycles. The van der Waals surface area contributed by atoms with Gasteiger partial charge in [-0.1, -0.05) is 48.5 Å². The van der Waals surface area contributed by atoms with Crippen LogP contribution in [-0.2, 0) is 12.2 Å². The van der Waals surface area contributed by atoms with E-state index >= 15 is 0 Å². The van der Waals surface area contributed by atoms with E-state index < -0.39 is 29.5 Å². The summed E-state index contributed by atoms with van der Waals surface area (Å²) in [6.07, 6.45) is -3.22. The summed E-state index contributed by atoms with van der Waals surface area (Å²) in [5.74, 6) is 0.0404. The molecule has 0 saturated carbocycles. The molecule has 1 aliphatic heterocycles. The third-order valence-electron chi connectivity index (χ3n) is 9.44. The largest absolute Gasteiger partial charge is 0.508 e. The lowest BCUT2D eigenvalue weighted by Crippen LogP contribution is -2.33. The second kappa shape index (κ2) is 16.1. The fraction of sp³-hybridized carbons (Fsp3) is 0.268. The van der Waals surface area contributed by atoms with Crippen molar-refractivity contribution >= 4 is 11.8 Å². The highest BCUT2D eigenvalue weighted by molar-refractivity contribution is 7.98. The molecule has 11 nitrogen and oxygen atoms in total. The number of rotatable bonds is 13. The summed E-state index contributed by atoms with van der Waals surface area (Å²) in [6.45, 7) is 0. The number of fused-ring (bicyclic) bond motifs is 1. The Kier molecular flexibility index (Phi) is 11.3. The van der Waals surface area contributed by atoms with Gasteiger partial charge in [0.05, 0.1) is 45.9 Å². The van der Waals surface area contributed by atoms with Crippen LogP contribution in [0.15, 0.2) is 91.0 Å². The van der Waals surface area contributed by atoms with Crippen LogP contribution in [-0.4, -0.2) is 71.3 Å². The summed E-state index contributed by atoms with van der Waals surface area (Å²) in [5.41, 5.74) is 3.18. The highest BCUT2D eigenvalue weighted by Crippen LogP contribution is 2.55. The molecule has 0 radical (unpaired) electrons. The first-order valence-corrected chi connectivity index (χ1v) is 17.8. The number of aliphatic hydroxyl groups is 2. The lowest BCUT2D eigenvalue weighted by atomic mass is 9.80. The van der Waals surface area contributed by atoms with Gasteiger partial charge in [0.25, 0.3) is 0 Å². The summed E-state index contributed by atoms with van der Waals surface area (Å²) in [6, 6.07) is 25.0. The summed E-state index contributed by atoms with van der Waals surface area (Å²) in [7, 11) is 6.00. The first kappa shape index (κ1) is 37.3. The molecule has 12 heteroatoms. The van der Waals surface area contributed by atoms with Crippen LogP contribution in [0.3, 0.4) is 0 Å². The van der Waals surface area contributed by atoms with E-state index in [0.29, 0.717) is 45.3 Å². The van der Waals surface area contributed by atoms with E-state index in [9.17, 15) is 30.6 Å². The monoisotopic (exact) mass is 742 g/mol. The van der Waals surface area contributed by atoms with Gasteiger partial charge in [-0.05, 0) is 47.0 Å². The zero-order valence-corrected chi connectivity index (χ0v) is 30.4. The van der Waals surface area contributed by atoms with Gasteiger partial charge in [-0.3, -0.25) is 0 Å². The van der Waals surface area contributed by atoms with Gasteiger partial charge in [0, 0.05) is 46.9 Å². The molecule has 5 aromatic rings. The Balaban J connectivity index is 1.57. The fourth-order valence-electron chi connectivity index (χ4n) is 6.84. The number of methoxy groups -OCH3 is 4. The third kappa shape index (κ3) is 7.57. The number of phenolic OH excluding ortho intramolecular Hbond substituents is 4. The standard InChI is InChI=1S/C41H42O11S/c1-48-32-15-11-23(17-34(32)50-3)39-31(46)19-27-33(49-2)20-35(51-4)37(40(27)52-39)36(26-13-12-25(42)18-29(26)44)38(47)41(24-10-14-28(43)30(45)16-24)53-21-22-8-6-5-7-9-22/h5-18,20,31,36,38-39,41-47H,19,21H2,1-4H3/t31-,36+,38+,39+,41?/m0/s1. The smallest absolute Gasteiger partial charge is 0.161 e. The SMILES string of the molecule is COc1ccc([C@H]2Oc3c(c(OC)cc(OC)c3[C@@H](c3ccc(O)cc3O)[C@@H](O)C(SCc3ccccc3)c3ccc(O)c(O)c3)C[C@@H]2O)cc1OC. The van der Waals surface area contributed by atoms with E-state index in [0.717, 1.165) is 5.56 Å². The van der Waals surface area contributed by atoms with Gasteiger partial charge in [-0.25, -0.2) is 0 Å². The van der Waals surface area contributed by atoms with E-state index in [4.69, 9.17) is 23.7 Å². The number of hydrogen-bond donors (Lipinski definition) is 6. The lowest BCUT2D eigenvalue weighted by molar-refractivity contribution is 0.0180. The van der Waals surface area contributed by atoms with Crippen molar-refractivity contribution in [1.82, 2.24) is 0 Å². The number of phenols is 4. The second-order valence-electron chi connectivity index (χ2n) is 12.6. The van der Waals surface area contributed by atoms with Crippen LogP contribution >= 0.6 is 11.8 Å². The van der Waals surface area contributed by atoms with Crippen molar-refractivity contribution in [3.05, 3.63) is 124 Å². The molecular weight excluding hydrogens is 701 g/mol. The highest BCUT2D eigenvalue weighted by Gasteiger charge is 2.42. The summed E-state index contributed by atoms with van der Waals surface area (Å²) >= 11 is 1.40. The van der Waals surface area contributed by atoms with Gasteiger partial charge < -0.3 is 54.3 Å². The number of benzene rings is 5. The van der Waals surface area contributed by atoms with Gasteiger partial charge >= 0.3 is 0 Å². The number of thioether (sulfide) groups is 1. The minimum atomic E-state index is -1.37. The van der Waals surface area contributed by atoms with Crippen LogP contribution in [0.4, 0.5) is 0 Å². The number of aliphatic hydroxyl groups excluding tert-OH is 2. The second-order valence-corrected chi connectivity index (χ2v) is 13.7. The minimum absolute atomic E-state index is 0.0942. The Hall–Kier alpha value is -5.43. The van der Waals surface area contributed by atoms with Crippen LogP contribution < -0.4 is 23.7 Å². The van der Waals surface area contributed by atoms with Crippen LogP contribution in [0.25, 0.3) is 0 Å². The number of hydrogen-bond acceptors (Lipinski definition) is 12. The van der Waals surface area contributed by atoms with Gasteiger partial charge in [0.15, 0.2) is 23.0 Å². The fourth-order valence-corrected chi connectivity index (χ4v) is 8.09. The van der Waals surface area contributed by atoms with Gasteiger partial charge in [0.2, 0.25) is 0 Å². The van der Waals surface area contributed by atoms with Crippen molar-refractivity contribution in [1.29, 1.82) is 0 Å². The lowest BCUT2D eigenvalue weighted by Gasteiger charge is -2.37. The molecule has 0 bridgehead atoms. The van der Waals surface area contributed by atoms with Crippen LogP contribution in [0.2, 0.25) is 0 Å². The molecule has 6 rings (SSSR count). The third-order valence-corrected chi connectivity index (χ3v) is 10.8. The topological polar surface area (TPSA) is 168 Å². The molecule has 1 aliphatic rings. The Morgan fingerprint density at radius 3 is 2.09 bits per heavy atom. The molecule has 1 heterocycles. The summed E-state index contributed by atoms with van der Waals surface area (Å²) < 4.78 is 29.5. The molecule has 0 fully saturated rings. The molecule has 0 aromatic heterocycles. The molecule has 53 heavy (non-hydrogen) atoms. The predicted molar refractivity (Wildman–Crippen MR) is 200 cm³/mol. The van der Waals surface area contributed by atoms with Crippen molar-refractivity contribution in [3.8, 4) is 51.7 Å². The zero-order valence-electron chi connectivity index (χ0n) is 29.6. The quantitative estimate of drug-likeness (QED) is 0.0704. The molecule has 0 spiro atoms. The zero-order chi connectivity index (χ0) is 37.8. The van der Waals surface area contributed by atoms with Crippen molar-refractivity contribution in [2.75, 3.05) is 28.4 Å². The average Bonchev–Trinajstić information content (AvgIpc) is 3.16. The summed E-state index contributed by atoms with van der Waals surface area (Å²) in [4.78, 5) is 0. The van der Waals surface area contributed by atoms with Gasteiger partial charge in [0.1, 0.15) is 34.9 Å². The first-order chi connectivity index (χ1) is 25.6. The van der Waals surface area contributed by atoms with E-state index in [-0.39, 0.29) is 46.5 Å². The molecule has 5 atom stereocenters. The van der Waals surface area contributed by atoms with E-state index in [1.54, 1.807) is 30.3 Å². The molecule has 1 unspecified atom stereocenters. The molecule has 0 saturated heterocycles. The van der Waals surface area contributed by atoms with Crippen LogP contribution in [0.1, 0.15) is 50.7 Å². The Morgan fingerprint density at radius 2 is 1.43 bits per heavy atom. The predicted octanol–water partition coefficient (Wildman–Crippen LogP) is 6.75. The highest BCUT2D eigenvalue weighted by atomic mass is 32.2. The molecule has 5 aromatic carbocycles. The van der Waals surface area contributed by atoms with Gasteiger partial charge in [-0.2, -0.15) is 0 Å². The maximum absolute atomic E-state index is 12.8. The molecule has 278 valence electrons. The van der Waals surface area contributed by atoms with E-state index in [1.807, 2.05) is 30.3 Å². The van der Waals surface area contributed by atoms with E-state index in [1.165, 1.54) is 70.5 Å². The average molecular weight is 743 g/mol. The van der Waals surface area contributed by atoms with Crippen molar-refractivity contribution in [2.24, 2.45) is 0 Å².